The Hall–Kier alpha value is -11.7. The number of rotatable bonds is 6. The molecule has 19 rings (SSSR count). The van der Waals surface area contributed by atoms with Crippen LogP contribution in [-0.4, -0.2) is 0 Å². The summed E-state index contributed by atoms with van der Waals surface area (Å²) in [7, 11) is 0. The first-order valence-corrected chi connectivity index (χ1v) is 32.6. The summed E-state index contributed by atoms with van der Waals surface area (Å²) in [6, 6.07) is 117. The van der Waals surface area contributed by atoms with Crippen molar-refractivity contribution in [1.29, 1.82) is 0 Å². The molecule has 0 nitrogen and oxygen atoms in total. The topological polar surface area (TPSA) is 0 Å². The first kappa shape index (κ1) is 53.2. The predicted octanol–water partition coefficient (Wildman–Crippen LogP) is 26.5. The zero-order valence-corrected chi connectivity index (χ0v) is 51.9. The molecule has 0 heterocycles. The van der Waals surface area contributed by atoms with Crippen molar-refractivity contribution in [3.8, 4) is 66.8 Å². The third kappa shape index (κ3) is 8.53. The van der Waals surface area contributed by atoms with E-state index in [-0.39, 0.29) is 0 Å². The van der Waals surface area contributed by atoms with Crippen LogP contribution in [0.1, 0.15) is 16.7 Å². The summed E-state index contributed by atoms with van der Waals surface area (Å²) in [5.74, 6) is 0. The van der Waals surface area contributed by atoms with Crippen LogP contribution in [-0.2, 0) is 0 Å². The van der Waals surface area contributed by atoms with E-state index in [1.807, 2.05) is 0 Å². The normalized spacial score (nSPS) is 12.0. The zero-order chi connectivity index (χ0) is 61.6. The second kappa shape index (κ2) is 20.7. The fourth-order valence-electron chi connectivity index (χ4n) is 16.4. The largest absolute Gasteiger partial charge is 0.0616 e. The van der Waals surface area contributed by atoms with Crippen molar-refractivity contribution in [3.63, 3.8) is 0 Å². The van der Waals surface area contributed by atoms with E-state index in [1.165, 1.54) is 213 Å². The van der Waals surface area contributed by atoms with Crippen LogP contribution in [0, 0.1) is 20.8 Å². The summed E-state index contributed by atoms with van der Waals surface area (Å²) in [4.78, 5) is 0. The van der Waals surface area contributed by atoms with Gasteiger partial charge in [0.25, 0.3) is 0 Å². The molecule has 0 bridgehead atoms. The molecule has 0 aromatic heterocycles. The molecule has 0 saturated heterocycles. The van der Waals surface area contributed by atoms with E-state index in [4.69, 9.17) is 0 Å². The standard InChI is InChI=1S/C93H60/c1-55-88(58-28-34-61(35-29-58)91-82-49-70-22-10-4-16-64(70)40-76(82)46-77-41-65-17-5-11-23-71(65)50-83(77)91)56(2)90(60-32-38-63(39-33-60)93-86-53-74-26-14-8-20-68(74)44-80(86)48-81-45-69-21-9-15-27-75(69)54-87(81)93)57(3)89(55)59-30-36-62(37-31-59)92-84-51-72-24-12-6-18-66(72)42-78(84)47-79-43-67-19-7-13-25-73(67)52-85(79)92/h4-54H,1-3H3. The lowest BCUT2D eigenvalue weighted by Crippen LogP contribution is -2.01. The SMILES string of the molecule is Cc1c(-c2ccc(-c3c4cc5ccccc5cc4cc4cc5ccccc5cc34)cc2)c(C)c(-c2ccc(-c3c4cc5ccccc5cc4cc4cc5ccccc5cc34)cc2)c(C)c1-c1ccc(-c2c3cc4ccccc4cc3cc3cc4ccccc4cc23)cc1. The lowest BCUT2D eigenvalue weighted by Gasteiger charge is -2.24. The van der Waals surface area contributed by atoms with Crippen molar-refractivity contribution in [2.75, 3.05) is 0 Å². The van der Waals surface area contributed by atoms with Crippen molar-refractivity contribution in [3.05, 3.63) is 326 Å². The van der Waals surface area contributed by atoms with E-state index >= 15 is 0 Å². The average molecular weight is 1180 g/mol. The molecular weight excluding hydrogens is 1120 g/mol. The zero-order valence-electron chi connectivity index (χ0n) is 51.9. The Kier molecular flexibility index (Phi) is 11.8. The van der Waals surface area contributed by atoms with Crippen molar-refractivity contribution in [2.45, 2.75) is 20.8 Å². The maximum atomic E-state index is 2.41. The number of hydrogen-bond donors (Lipinski definition) is 0. The van der Waals surface area contributed by atoms with Gasteiger partial charge in [-0.3, -0.25) is 0 Å². The second-order valence-electron chi connectivity index (χ2n) is 26.0. The molecule has 19 aromatic carbocycles. The molecule has 0 radical (unpaired) electrons. The molecule has 0 aliphatic rings. The molecule has 432 valence electrons. The minimum atomic E-state index is 1.20. The summed E-state index contributed by atoms with van der Waals surface area (Å²) in [6.07, 6.45) is 0. The van der Waals surface area contributed by atoms with Crippen LogP contribution in [0.2, 0.25) is 0 Å². The average Bonchev–Trinajstić information content (AvgIpc) is 0.797. The lowest BCUT2D eigenvalue weighted by molar-refractivity contribution is 1.32. The molecule has 0 fully saturated rings. The molecule has 93 heavy (non-hydrogen) atoms. The van der Waals surface area contributed by atoms with Crippen molar-refractivity contribution >= 4 is 129 Å². The van der Waals surface area contributed by atoms with E-state index in [0.717, 1.165) is 0 Å². The Morgan fingerprint density at radius 2 is 0.258 bits per heavy atom. The van der Waals surface area contributed by atoms with E-state index < -0.39 is 0 Å². The first-order chi connectivity index (χ1) is 45.8. The summed E-state index contributed by atoms with van der Waals surface area (Å²) in [5.41, 5.74) is 18.6. The molecule has 0 unspecified atom stereocenters. The molecule has 0 heteroatoms. The maximum Gasteiger partial charge on any atom is -0.00264 e. The Morgan fingerprint density at radius 3 is 0.419 bits per heavy atom. The van der Waals surface area contributed by atoms with Gasteiger partial charge in [-0.2, -0.15) is 0 Å². The molecule has 0 N–H and O–H groups in total. The minimum Gasteiger partial charge on any atom is -0.0616 e. The van der Waals surface area contributed by atoms with Crippen LogP contribution >= 0.6 is 0 Å². The van der Waals surface area contributed by atoms with Gasteiger partial charge >= 0.3 is 0 Å². The van der Waals surface area contributed by atoms with E-state index in [1.54, 1.807) is 0 Å². The smallest absolute Gasteiger partial charge is 0.00264 e. The summed E-state index contributed by atoms with van der Waals surface area (Å²) in [6.45, 7) is 7.09. The molecular formula is C93H60. The van der Waals surface area contributed by atoms with Gasteiger partial charge in [-0.1, -0.05) is 218 Å². The predicted molar refractivity (Wildman–Crippen MR) is 403 cm³/mol. The Labute approximate surface area is 539 Å². The highest BCUT2D eigenvalue weighted by molar-refractivity contribution is 6.22. The quantitative estimate of drug-likeness (QED) is 0.146. The summed E-state index contributed by atoms with van der Waals surface area (Å²) in [5, 5.41) is 30.1. The van der Waals surface area contributed by atoms with E-state index in [2.05, 4.69) is 330 Å². The van der Waals surface area contributed by atoms with E-state index in [9.17, 15) is 0 Å². The Morgan fingerprint density at radius 1 is 0.129 bits per heavy atom. The fourth-order valence-corrected chi connectivity index (χ4v) is 16.4. The van der Waals surface area contributed by atoms with Crippen LogP contribution in [0.15, 0.2) is 309 Å². The number of fused-ring (bicyclic) bond motifs is 12. The van der Waals surface area contributed by atoms with Gasteiger partial charge in [-0.05, 0) is 324 Å². The number of hydrogen-bond acceptors (Lipinski definition) is 0. The summed E-state index contributed by atoms with van der Waals surface area (Å²) < 4.78 is 0. The van der Waals surface area contributed by atoms with Crippen LogP contribution in [0.5, 0.6) is 0 Å². The molecule has 19 aromatic rings. The maximum absolute atomic E-state index is 2.41. The van der Waals surface area contributed by atoms with Crippen LogP contribution in [0.25, 0.3) is 196 Å². The lowest BCUT2D eigenvalue weighted by atomic mass is 9.80. The van der Waals surface area contributed by atoms with E-state index in [0.29, 0.717) is 0 Å². The van der Waals surface area contributed by atoms with Gasteiger partial charge in [-0.25, -0.2) is 0 Å². The minimum absolute atomic E-state index is 1.20. The van der Waals surface area contributed by atoms with Gasteiger partial charge in [0.05, 0.1) is 0 Å². The van der Waals surface area contributed by atoms with Crippen molar-refractivity contribution in [2.24, 2.45) is 0 Å². The molecule has 0 saturated carbocycles. The Balaban J connectivity index is 0.811. The molecule has 0 amide bonds. The highest BCUT2D eigenvalue weighted by Crippen LogP contribution is 2.49. The first-order valence-electron chi connectivity index (χ1n) is 32.6. The van der Waals surface area contributed by atoms with Gasteiger partial charge < -0.3 is 0 Å². The highest BCUT2D eigenvalue weighted by Gasteiger charge is 2.24. The van der Waals surface area contributed by atoms with Gasteiger partial charge in [0, 0.05) is 0 Å². The van der Waals surface area contributed by atoms with Crippen LogP contribution < -0.4 is 0 Å². The molecule has 0 atom stereocenters. The Bertz CT molecular complexity index is 5480. The van der Waals surface area contributed by atoms with Crippen molar-refractivity contribution in [1.82, 2.24) is 0 Å². The van der Waals surface area contributed by atoms with Crippen LogP contribution in [0.4, 0.5) is 0 Å². The van der Waals surface area contributed by atoms with Gasteiger partial charge in [0.2, 0.25) is 0 Å². The van der Waals surface area contributed by atoms with Gasteiger partial charge in [0.1, 0.15) is 0 Å². The van der Waals surface area contributed by atoms with Crippen molar-refractivity contribution < 1.29 is 0 Å². The molecule has 0 aliphatic carbocycles. The third-order valence-electron chi connectivity index (χ3n) is 20.7. The third-order valence-corrected chi connectivity index (χ3v) is 20.7. The van der Waals surface area contributed by atoms with Gasteiger partial charge in [0.15, 0.2) is 0 Å². The number of benzene rings is 19. The van der Waals surface area contributed by atoms with Crippen LogP contribution in [0.3, 0.4) is 0 Å². The molecule has 0 spiro atoms. The highest BCUT2D eigenvalue weighted by atomic mass is 14.3. The monoisotopic (exact) mass is 1180 g/mol. The van der Waals surface area contributed by atoms with Gasteiger partial charge in [-0.15, -0.1) is 0 Å². The summed E-state index contributed by atoms with van der Waals surface area (Å²) >= 11 is 0. The molecule has 0 aliphatic heterocycles. The second-order valence-corrected chi connectivity index (χ2v) is 26.0. The fraction of sp³-hybridized carbons (Fsp3) is 0.0323.